The quantitative estimate of drug-likeness (QED) is 0.695. The molecule has 0 radical (unpaired) electrons. The van der Waals surface area contributed by atoms with E-state index >= 15 is 0 Å². The van der Waals surface area contributed by atoms with Gasteiger partial charge in [0.05, 0.1) is 0 Å². The number of hydrogen-bond donors (Lipinski definition) is 1. The molecule has 0 aliphatic carbocycles. The molecule has 1 rings (SSSR count). The second-order valence-corrected chi connectivity index (χ2v) is 4.75. The van der Waals surface area contributed by atoms with Gasteiger partial charge in [-0.2, -0.15) is 0 Å². The minimum atomic E-state index is 1.07. The highest BCUT2D eigenvalue weighted by Crippen LogP contribution is 2.06. The van der Waals surface area contributed by atoms with E-state index in [1.54, 1.807) is 0 Å². The number of hydrogen-bond acceptors (Lipinski definition) is 2. The van der Waals surface area contributed by atoms with Gasteiger partial charge in [0, 0.05) is 13.1 Å². The van der Waals surface area contributed by atoms with Crippen molar-refractivity contribution in [2.75, 3.05) is 33.2 Å². The predicted molar refractivity (Wildman–Crippen MR) is 75.5 cm³/mol. The number of rotatable bonds is 8. The van der Waals surface area contributed by atoms with Crippen molar-refractivity contribution in [2.45, 2.75) is 26.7 Å². The molecule has 0 bridgehead atoms. The summed E-state index contributed by atoms with van der Waals surface area (Å²) in [4.78, 5) is 2.40. The van der Waals surface area contributed by atoms with Crippen LogP contribution in [-0.2, 0) is 6.42 Å². The van der Waals surface area contributed by atoms with Gasteiger partial charge >= 0.3 is 0 Å². The van der Waals surface area contributed by atoms with E-state index in [4.69, 9.17) is 0 Å². The van der Waals surface area contributed by atoms with Crippen LogP contribution in [0, 0.1) is 6.92 Å². The summed E-state index contributed by atoms with van der Waals surface area (Å²) in [5.74, 6) is 0. The fourth-order valence-electron chi connectivity index (χ4n) is 1.98. The molecule has 0 fully saturated rings. The van der Waals surface area contributed by atoms with Crippen LogP contribution >= 0.6 is 0 Å². The Morgan fingerprint density at radius 3 is 2.76 bits per heavy atom. The molecule has 96 valence electrons. The predicted octanol–water partition coefficient (Wildman–Crippen LogP) is 2.47. The lowest BCUT2D eigenvalue weighted by Gasteiger charge is -2.16. The van der Waals surface area contributed by atoms with Gasteiger partial charge in [-0.05, 0) is 45.5 Å². The molecule has 1 aromatic rings. The molecule has 0 aromatic heterocycles. The van der Waals surface area contributed by atoms with Crippen LogP contribution in [0.3, 0.4) is 0 Å². The molecule has 0 aliphatic rings. The molecule has 0 atom stereocenters. The maximum atomic E-state index is 3.35. The number of likely N-dealkylation sites (N-methyl/N-ethyl adjacent to an activating group) is 2. The second-order valence-electron chi connectivity index (χ2n) is 4.75. The first kappa shape index (κ1) is 14.2. The third-order valence-electron chi connectivity index (χ3n) is 3.01. The molecule has 0 unspecified atom stereocenters. The summed E-state index contributed by atoms with van der Waals surface area (Å²) in [5.41, 5.74) is 2.83. The molecule has 1 N–H and O–H groups in total. The Morgan fingerprint density at radius 2 is 2.06 bits per heavy atom. The van der Waals surface area contributed by atoms with Crippen molar-refractivity contribution in [3.63, 3.8) is 0 Å². The fraction of sp³-hybridized carbons (Fsp3) is 0.600. The van der Waals surface area contributed by atoms with Gasteiger partial charge < -0.3 is 10.2 Å². The van der Waals surface area contributed by atoms with Crippen molar-refractivity contribution < 1.29 is 0 Å². The monoisotopic (exact) mass is 234 g/mol. The van der Waals surface area contributed by atoms with Crippen LogP contribution in [0.25, 0.3) is 0 Å². The van der Waals surface area contributed by atoms with Crippen LogP contribution in [0.4, 0.5) is 0 Å². The van der Waals surface area contributed by atoms with Crippen LogP contribution in [0.2, 0.25) is 0 Å². The van der Waals surface area contributed by atoms with Gasteiger partial charge in [-0.25, -0.2) is 0 Å². The Bertz CT molecular complexity index is 310. The normalized spacial score (nSPS) is 11.1. The third-order valence-corrected chi connectivity index (χ3v) is 3.01. The van der Waals surface area contributed by atoms with Gasteiger partial charge in [-0.15, -0.1) is 0 Å². The first-order valence-corrected chi connectivity index (χ1v) is 6.67. The van der Waals surface area contributed by atoms with E-state index in [9.17, 15) is 0 Å². The maximum absolute atomic E-state index is 3.35. The SMILES string of the molecule is CCNCCN(C)CCCc1cccc(C)c1. The number of nitrogens with zero attached hydrogens (tertiary/aromatic N) is 1. The lowest BCUT2D eigenvalue weighted by molar-refractivity contribution is 0.328. The van der Waals surface area contributed by atoms with Crippen molar-refractivity contribution in [1.82, 2.24) is 10.2 Å². The number of benzene rings is 1. The summed E-state index contributed by atoms with van der Waals surface area (Å²) in [6.45, 7) is 8.79. The molecule has 1 aromatic carbocycles. The topological polar surface area (TPSA) is 15.3 Å². The first-order chi connectivity index (χ1) is 8.22. The highest BCUT2D eigenvalue weighted by Gasteiger charge is 1.98. The molecule has 0 saturated heterocycles. The largest absolute Gasteiger partial charge is 0.316 e. The Labute approximate surface area is 106 Å². The summed E-state index contributed by atoms with van der Waals surface area (Å²) in [7, 11) is 2.20. The summed E-state index contributed by atoms with van der Waals surface area (Å²) in [5, 5.41) is 3.35. The van der Waals surface area contributed by atoms with Crippen LogP contribution in [0.15, 0.2) is 24.3 Å². The molecule has 17 heavy (non-hydrogen) atoms. The molecular weight excluding hydrogens is 208 g/mol. The molecular formula is C15H26N2. The Hall–Kier alpha value is -0.860. The smallest absolute Gasteiger partial charge is 0.0104 e. The average molecular weight is 234 g/mol. The number of aryl methyl sites for hydroxylation is 2. The van der Waals surface area contributed by atoms with E-state index in [1.807, 2.05) is 0 Å². The van der Waals surface area contributed by atoms with Crippen LogP contribution < -0.4 is 5.32 Å². The molecule has 0 spiro atoms. The van der Waals surface area contributed by atoms with Crippen molar-refractivity contribution in [3.05, 3.63) is 35.4 Å². The summed E-state index contributed by atoms with van der Waals surface area (Å²) in [6, 6.07) is 8.83. The lowest BCUT2D eigenvalue weighted by Crippen LogP contribution is -2.29. The summed E-state index contributed by atoms with van der Waals surface area (Å²) < 4.78 is 0. The van der Waals surface area contributed by atoms with Crippen molar-refractivity contribution in [2.24, 2.45) is 0 Å². The van der Waals surface area contributed by atoms with Crippen molar-refractivity contribution in [1.29, 1.82) is 0 Å². The van der Waals surface area contributed by atoms with E-state index < -0.39 is 0 Å². The van der Waals surface area contributed by atoms with Gasteiger partial charge in [0.2, 0.25) is 0 Å². The minimum Gasteiger partial charge on any atom is -0.316 e. The van der Waals surface area contributed by atoms with Gasteiger partial charge in [-0.1, -0.05) is 36.8 Å². The van der Waals surface area contributed by atoms with Crippen molar-refractivity contribution in [3.8, 4) is 0 Å². The Balaban J connectivity index is 2.14. The molecule has 0 heterocycles. The van der Waals surface area contributed by atoms with E-state index in [2.05, 4.69) is 55.4 Å². The standard InChI is InChI=1S/C15H26N2/c1-4-16-10-12-17(3)11-6-9-15-8-5-7-14(2)13-15/h5,7-8,13,16H,4,6,9-12H2,1-3H3. The van der Waals surface area contributed by atoms with E-state index in [0.717, 1.165) is 19.6 Å². The Morgan fingerprint density at radius 1 is 1.24 bits per heavy atom. The molecule has 2 heteroatoms. The lowest BCUT2D eigenvalue weighted by atomic mass is 10.1. The zero-order valence-corrected chi connectivity index (χ0v) is 11.5. The highest BCUT2D eigenvalue weighted by molar-refractivity contribution is 5.22. The van der Waals surface area contributed by atoms with Gasteiger partial charge in [0.1, 0.15) is 0 Å². The molecule has 2 nitrogen and oxygen atoms in total. The number of nitrogens with one attached hydrogen (secondary N) is 1. The highest BCUT2D eigenvalue weighted by atomic mass is 15.1. The zero-order valence-electron chi connectivity index (χ0n) is 11.5. The van der Waals surface area contributed by atoms with E-state index in [0.29, 0.717) is 0 Å². The first-order valence-electron chi connectivity index (χ1n) is 6.67. The molecule has 0 saturated carbocycles. The van der Waals surface area contributed by atoms with Gasteiger partial charge in [0.25, 0.3) is 0 Å². The third kappa shape index (κ3) is 6.44. The van der Waals surface area contributed by atoms with E-state index in [1.165, 1.54) is 30.5 Å². The summed E-state index contributed by atoms with van der Waals surface area (Å²) >= 11 is 0. The zero-order chi connectivity index (χ0) is 12.5. The molecule has 0 aliphatic heterocycles. The van der Waals surface area contributed by atoms with Crippen LogP contribution in [-0.4, -0.2) is 38.1 Å². The summed E-state index contributed by atoms with van der Waals surface area (Å²) in [6.07, 6.45) is 2.43. The minimum absolute atomic E-state index is 1.07. The van der Waals surface area contributed by atoms with Gasteiger partial charge in [0.15, 0.2) is 0 Å². The Kier molecular flexibility index (Phi) is 6.90. The maximum Gasteiger partial charge on any atom is 0.0104 e. The van der Waals surface area contributed by atoms with E-state index in [-0.39, 0.29) is 0 Å². The van der Waals surface area contributed by atoms with Crippen molar-refractivity contribution >= 4 is 0 Å². The van der Waals surface area contributed by atoms with Crippen LogP contribution in [0.1, 0.15) is 24.5 Å². The van der Waals surface area contributed by atoms with Gasteiger partial charge in [-0.3, -0.25) is 0 Å². The molecule has 0 amide bonds. The second kappa shape index (κ2) is 8.26. The fourth-order valence-corrected chi connectivity index (χ4v) is 1.98. The average Bonchev–Trinajstić information content (AvgIpc) is 2.29. The van der Waals surface area contributed by atoms with Crippen LogP contribution in [0.5, 0.6) is 0 Å².